The zero-order valence-corrected chi connectivity index (χ0v) is 34.6. The van der Waals surface area contributed by atoms with E-state index in [9.17, 15) is 48.6 Å². The van der Waals surface area contributed by atoms with Gasteiger partial charge in [-0.2, -0.15) is 0 Å². The van der Waals surface area contributed by atoms with Crippen molar-refractivity contribution in [2.24, 2.45) is 11.7 Å². The summed E-state index contributed by atoms with van der Waals surface area (Å²) in [5.41, 5.74) is 8.07. The maximum atomic E-state index is 13.8. The Morgan fingerprint density at radius 1 is 0.800 bits per heavy atom. The molecule has 0 unspecified atom stereocenters. The maximum absolute atomic E-state index is 13.8. The van der Waals surface area contributed by atoms with E-state index in [1.54, 1.807) is 50.2 Å². The molecule has 0 saturated carbocycles. The third-order valence-corrected chi connectivity index (χ3v) is 10.0. The molecule has 18 nitrogen and oxygen atoms in total. The maximum Gasteiger partial charge on any atom is 0.326 e. The van der Waals surface area contributed by atoms with Crippen LogP contribution in [0.2, 0.25) is 0 Å². The van der Waals surface area contributed by atoms with Crippen molar-refractivity contribution in [1.82, 2.24) is 26.2 Å². The van der Waals surface area contributed by atoms with E-state index in [0.717, 1.165) is 18.4 Å². The highest BCUT2D eigenvalue weighted by Gasteiger charge is 2.40. The molecular weight excluding hydrogens is 777 g/mol. The molecule has 1 aliphatic rings. The van der Waals surface area contributed by atoms with Gasteiger partial charge in [0.1, 0.15) is 24.2 Å². The first-order valence-corrected chi connectivity index (χ1v) is 20.4. The summed E-state index contributed by atoms with van der Waals surface area (Å²) in [6, 6.07) is 8.22. The molecule has 18 heteroatoms. The molecule has 0 radical (unpaired) electrons. The summed E-state index contributed by atoms with van der Waals surface area (Å²) >= 11 is 0. The molecule has 3 rings (SSSR count). The number of nitrogens with two attached hydrogens (primary N) is 1. The second kappa shape index (κ2) is 24.8. The van der Waals surface area contributed by atoms with Crippen molar-refractivity contribution in [2.45, 2.75) is 116 Å². The van der Waals surface area contributed by atoms with E-state index in [1.165, 1.54) is 4.90 Å². The molecule has 0 bridgehead atoms. The van der Waals surface area contributed by atoms with Gasteiger partial charge in [-0.3, -0.25) is 28.8 Å². The number of rotatable bonds is 24. The zero-order chi connectivity index (χ0) is 44.2. The molecular formula is C42H60N8O10. The van der Waals surface area contributed by atoms with Crippen molar-refractivity contribution in [2.75, 3.05) is 30.3 Å². The van der Waals surface area contributed by atoms with E-state index in [4.69, 9.17) is 5.73 Å². The lowest BCUT2D eigenvalue weighted by atomic mass is 10.0. The molecule has 4 atom stereocenters. The van der Waals surface area contributed by atoms with E-state index in [-0.39, 0.29) is 31.7 Å². The third-order valence-electron chi connectivity index (χ3n) is 10.0. The number of amides is 7. The molecule has 2 aromatic rings. The standard InChI is InChI=1S/C42H60N8O10/c1-26(2)37(40(57)50-23-11-15-33(50)41(58)59)49-39(56)32(25-36(53)54)47-38(55)31(14-8-10-22-44-34(51)16-5-4-9-21-43)46-35(52)24-28-17-19-29(20-18-28)45-42(60)48-30-13-7-6-12-27(30)3/h6-7,12-13,17-20,26,31-33,37H,4-5,8-11,14-16,21-25,43H2,1-3H3,(H,44,51)(H,46,52)(H,47,55)(H,49,56)(H,53,54)(H,58,59)(H2,45,48,60)/t31-,32-,33-,37-/m0/s1. The number of carboxylic acids is 2. The molecule has 1 saturated heterocycles. The quantitative estimate of drug-likeness (QED) is 0.0694. The summed E-state index contributed by atoms with van der Waals surface area (Å²) in [4.78, 5) is 104. The summed E-state index contributed by atoms with van der Waals surface area (Å²) in [6.07, 6.45) is 3.31. The van der Waals surface area contributed by atoms with Crippen molar-refractivity contribution < 1.29 is 48.6 Å². The van der Waals surface area contributed by atoms with Crippen LogP contribution in [0.1, 0.15) is 89.2 Å². The number of aliphatic carboxylic acids is 2. The fraction of sp³-hybridized carbons (Fsp3) is 0.524. The largest absolute Gasteiger partial charge is 0.481 e. The van der Waals surface area contributed by atoms with Crippen molar-refractivity contribution in [3.05, 3.63) is 59.7 Å². The summed E-state index contributed by atoms with van der Waals surface area (Å²) in [6.45, 7) is 6.20. The second-order valence-corrected chi connectivity index (χ2v) is 15.3. The van der Waals surface area contributed by atoms with Gasteiger partial charge in [0.25, 0.3) is 0 Å². The molecule has 60 heavy (non-hydrogen) atoms. The van der Waals surface area contributed by atoms with Crippen LogP contribution in [0.3, 0.4) is 0 Å². The summed E-state index contributed by atoms with van der Waals surface area (Å²) in [7, 11) is 0. The average molecular weight is 837 g/mol. The van der Waals surface area contributed by atoms with Gasteiger partial charge < -0.3 is 52.7 Å². The van der Waals surface area contributed by atoms with Gasteiger partial charge in [-0.15, -0.1) is 0 Å². The number of benzene rings is 2. The summed E-state index contributed by atoms with van der Waals surface area (Å²) in [5.74, 6) is -6.22. The van der Waals surface area contributed by atoms with Gasteiger partial charge in [0.2, 0.25) is 29.5 Å². The minimum absolute atomic E-state index is 0.0723. The topological polar surface area (TPSA) is 278 Å². The monoisotopic (exact) mass is 836 g/mol. The molecule has 7 amide bonds. The van der Waals surface area contributed by atoms with Gasteiger partial charge in [0.15, 0.2) is 0 Å². The number of anilines is 2. The fourth-order valence-corrected chi connectivity index (χ4v) is 6.69. The highest BCUT2D eigenvalue weighted by atomic mass is 16.4. The number of likely N-dealkylation sites (tertiary alicyclic amines) is 1. The van der Waals surface area contributed by atoms with Crippen LogP contribution < -0.4 is 37.6 Å². The molecule has 1 aliphatic heterocycles. The number of nitrogens with one attached hydrogen (secondary N) is 6. The van der Waals surface area contributed by atoms with Crippen LogP contribution >= 0.6 is 0 Å². The van der Waals surface area contributed by atoms with Crippen LogP contribution in [0.5, 0.6) is 0 Å². The molecule has 0 aliphatic carbocycles. The first kappa shape index (κ1) is 48.3. The smallest absolute Gasteiger partial charge is 0.326 e. The van der Waals surface area contributed by atoms with Crippen molar-refractivity contribution in [3.8, 4) is 0 Å². The van der Waals surface area contributed by atoms with Crippen molar-refractivity contribution >= 4 is 58.9 Å². The lowest BCUT2D eigenvalue weighted by molar-refractivity contribution is -0.150. The van der Waals surface area contributed by atoms with Crippen LogP contribution in [0.4, 0.5) is 16.2 Å². The Kier molecular flexibility index (Phi) is 20.0. The Balaban J connectivity index is 1.69. The number of carbonyl (C=O) groups is 8. The molecule has 0 spiro atoms. The first-order chi connectivity index (χ1) is 28.6. The van der Waals surface area contributed by atoms with Gasteiger partial charge in [0, 0.05) is 30.9 Å². The lowest BCUT2D eigenvalue weighted by Gasteiger charge is -2.30. The number of aryl methyl sites for hydroxylation is 1. The summed E-state index contributed by atoms with van der Waals surface area (Å²) < 4.78 is 0. The summed E-state index contributed by atoms with van der Waals surface area (Å²) in [5, 5.41) is 35.3. The number of nitrogens with zero attached hydrogens (tertiary/aromatic N) is 1. The number of hydrogen-bond donors (Lipinski definition) is 9. The highest BCUT2D eigenvalue weighted by molar-refractivity contribution is 6.00. The van der Waals surface area contributed by atoms with Crippen LogP contribution in [0, 0.1) is 12.8 Å². The van der Waals surface area contributed by atoms with E-state index in [1.807, 2.05) is 19.1 Å². The first-order valence-electron chi connectivity index (χ1n) is 20.4. The Bertz CT molecular complexity index is 1800. The van der Waals surface area contributed by atoms with Gasteiger partial charge in [0.05, 0.1) is 12.8 Å². The number of urea groups is 1. The average Bonchev–Trinajstić information content (AvgIpc) is 3.70. The molecule has 0 aromatic heterocycles. The van der Waals surface area contributed by atoms with Gasteiger partial charge >= 0.3 is 18.0 Å². The van der Waals surface area contributed by atoms with E-state index >= 15 is 0 Å². The Morgan fingerprint density at radius 2 is 1.50 bits per heavy atom. The van der Waals surface area contributed by atoms with Crippen LogP contribution in [0.25, 0.3) is 0 Å². The normalized spacial score (nSPS) is 14.9. The van der Waals surface area contributed by atoms with E-state index in [0.29, 0.717) is 62.1 Å². The fourth-order valence-electron chi connectivity index (χ4n) is 6.69. The van der Waals surface area contributed by atoms with Gasteiger partial charge in [-0.25, -0.2) is 9.59 Å². The molecule has 10 N–H and O–H groups in total. The third kappa shape index (κ3) is 16.3. The predicted molar refractivity (Wildman–Crippen MR) is 224 cm³/mol. The number of para-hydroxylation sites is 1. The van der Waals surface area contributed by atoms with E-state index in [2.05, 4.69) is 31.9 Å². The highest BCUT2D eigenvalue weighted by Crippen LogP contribution is 2.21. The lowest BCUT2D eigenvalue weighted by Crippen LogP contribution is -2.59. The van der Waals surface area contributed by atoms with Crippen LogP contribution in [-0.2, 0) is 40.0 Å². The number of carbonyl (C=O) groups excluding carboxylic acids is 6. The van der Waals surface area contributed by atoms with Crippen molar-refractivity contribution in [1.29, 1.82) is 0 Å². The van der Waals surface area contributed by atoms with Gasteiger partial charge in [-0.1, -0.05) is 50.6 Å². The SMILES string of the molecule is Cc1ccccc1NC(=O)Nc1ccc(CC(=O)N[C@@H](CCCCNC(=O)CCCCCN)C(=O)N[C@@H](CC(=O)O)C(=O)N[C@H](C(=O)N2CCC[C@H]2C(=O)O)C(C)C)cc1. The Hall–Kier alpha value is -6.04. The molecule has 1 heterocycles. The predicted octanol–water partition coefficient (Wildman–Crippen LogP) is 2.65. The van der Waals surface area contributed by atoms with E-state index < -0.39 is 78.1 Å². The number of unbranched alkanes of at least 4 members (excludes halogenated alkanes) is 3. The van der Waals surface area contributed by atoms with Crippen LogP contribution in [0.15, 0.2) is 48.5 Å². The minimum atomic E-state index is -1.65. The minimum Gasteiger partial charge on any atom is -0.481 e. The van der Waals surface area contributed by atoms with Crippen LogP contribution in [-0.4, -0.2) is 106 Å². The molecule has 1 fully saturated rings. The number of hydrogen-bond acceptors (Lipinski definition) is 9. The Labute approximate surface area is 350 Å². The Morgan fingerprint density at radius 3 is 2.15 bits per heavy atom. The zero-order valence-electron chi connectivity index (χ0n) is 34.6. The van der Waals surface area contributed by atoms with Crippen molar-refractivity contribution in [3.63, 3.8) is 0 Å². The molecule has 2 aromatic carbocycles. The van der Waals surface area contributed by atoms with Gasteiger partial charge in [-0.05, 0) is 93.7 Å². The second-order valence-electron chi connectivity index (χ2n) is 15.3. The molecule has 328 valence electrons. The number of carboxylic acid groups (broad SMARTS) is 2.